The molecule has 2 aromatic heterocycles. The highest BCUT2D eigenvalue weighted by molar-refractivity contribution is 6.03. The zero-order valence-corrected chi connectivity index (χ0v) is 13.4. The number of nitrogens with zero attached hydrogens (tertiary/aromatic N) is 2. The Morgan fingerprint density at radius 2 is 2.09 bits per heavy atom. The van der Waals surface area contributed by atoms with Gasteiger partial charge in [0.05, 0.1) is 0 Å². The fraction of sp³-hybridized carbons (Fsp3) is 0.562. The molecule has 0 fully saturated rings. The van der Waals surface area contributed by atoms with E-state index in [0.29, 0.717) is 23.2 Å². The minimum Gasteiger partial charge on any atom is -0.360 e. The summed E-state index contributed by atoms with van der Waals surface area (Å²) >= 11 is 0. The molecule has 2 aromatic rings. The number of aromatic nitrogens is 2. The third-order valence-corrected chi connectivity index (χ3v) is 4.35. The van der Waals surface area contributed by atoms with Crippen LogP contribution in [-0.4, -0.2) is 16.2 Å². The lowest BCUT2D eigenvalue weighted by atomic mass is 9.71. The molecule has 118 valence electrons. The number of hydrogen-bond donors (Lipinski definition) is 1. The SMILES string of the molecule is Cc1cc(NC(=O)c2noc3c2C[C@H](C(C)(C)C)CC3)no1. The van der Waals surface area contributed by atoms with E-state index >= 15 is 0 Å². The molecule has 1 aliphatic rings. The van der Waals surface area contributed by atoms with Crippen LogP contribution in [0.2, 0.25) is 0 Å². The smallest absolute Gasteiger partial charge is 0.279 e. The minimum absolute atomic E-state index is 0.200. The molecule has 3 rings (SSSR count). The van der Waals surface area contributed by atoms with Crippen LogP contribution in [0.15, 0.2) is 15.1 Å². The molecule has 0 unspecified atom stereocenters. The van der Waals surface area contributed by atoms with Crippen molar-refractivity contribution < 1.29 is 13.8 Å². The Balaban J connectivity index is 1.81. The zero-order valence-electron chi connectivity index (χ0n) is 13.4. The topological polar surface area (TPSA) is 81.2 Å². The van der Waals surface area contributed by atoms with Crippen molar-refractivity contribution in [3.63, 3.8) is 0 Å². The molecule has 1 amide bonds. The molecule has 1 N–H and O–H groups in total. The second kappa shape index (κ2) is 5.26. The number of carbonyl (C=O) groups is 1. The molecule has 0 saturated carbocycles. The van der Waals surface area contributed by atoms with Gasteiger partial charge in [-0.05, 0) is 31.1 Å². The Morgan fingerprint density at radius 1 is 1.32 bits per heavy atom. The van der Waals surface area contributed by atoms with Crippen molar-refractivity contribution in [2.75, 3.05) is 5.32 Å². The third-order valence-electron chi connectivity index (χ3n) is 4.35. The Bertz CT molecular complexity index is 694. The first-order chi connectivity index (χ1) is 10.3. The number of amides is 1. The van der Waals surface area contributed by atoms with E-state index in [-0.39, 0.29) is 11.3 Å². The van der Waals surface area contributed by atoms with Gasteiger partial charge in [-0.15, -0.1) is 0 Å². The van der Waals surface area contributed by atoms with Gasteiger partial charge in [0, 0.05) is 18.1 Å². The Hall–Kier alpha value is -2.11. The first-order valence-corrected chi connectivity index (χ1v) is 7.56. The fourth-order valence-corrected chi connectivity index (χ4v) is 2.92. The highest BCUT2D eigenvalue weighted by atomic mass is 16.5. The lowest BCUT2D eigenvalue weighted by molar-refractivity contribution is 0.101. The van der Waals surface area contributed by atoms with Gasteiger partial charge >= 0.3 is 0 Å². The summed E-state index contributed by atoms with van der Waals surface area (Å²) in [6, 6.07) is 1.67. The van der Waals surface area contributed by atoms with E-state index in [0.717, 1.165) is 30.6 Å². The molecule has 22 heavy (non-hydrogen) atoms. The lowest BCUT2D eigenvalue weighted by Gasteiger charge is -2.33. The molecule has 0 saturated heterocycles. The first kappa shape index (κ1) is 14.8. The molecule has 6 nitrogen and oxygen atoms in total. The molecular weight excluding hydrogens is 282 g/mol. The van der Waals surface area contributed by atoms with Gasteiger partial charge in [0.1, 0.15) is 11.5 Å². The average molecular weight is 303 g/mol. The van der Waals surface area contributed by atoms with Gasteiger partial charge in [0.2, 0.25) is 0 Å². The summed E-state index contributed by atoms with van der Waals surface area (Å²) in [6.45, 7) is 8.46. The molecule has 6 heteroatoms. The van der Waals surface area contributed by atoms with Crippen LogP contribution in [0.3, 0.4) is 0 Å². The van der Waals surface area contributed by atoms with Gasteiger partial charge in [-0.25, -0.2) is 0 Å². The number of nitrogens with one attached hydrogen (secondary N) is 1. The highest BCUT2D eigenvalue weighted by Crippen LogP contribution is 2.38. The number of anilines is 1. The average Bonchev–Trinajstić information content (AvgIpc) is 3.03. The van der Waals surface area contributed by atoms with Crippen LogP contribution in [0, 0.1) is 18.3 Å². The molecule has 0 aliphatic heterocycles. The van der Waals surface area contributed by atoms with Crippen LogP contribution >= 0.6 is 0 Å². The van der Waals surface area contributed by atoms with Crippen molar-refractivity contribution >= 4 is 11.7 Å². The van der Waals surface area contributed by atoms with E-state index in [4.69, 9.17) is 9.05 Å². The lowest BCUT2D eigenvalue weighted by Crippen LogP contribution is -2.27. The molecule has 0 spiro atoms. The standard InChI is InChI=1S/C16H21N3O3/c1-9-7-13(18-21-9)17-15(20)14-11-8-10(16(2,3)4)5-6-12(11)22-19-14/h7,10H,5-6,8H2,1-4H3,(H,17,18,20)/t10-/m1/s1. The number of carbonyl (C=O) groups excluding carboxylic acids is 1. The summed E-state index contributed by atoms with van der Waals surface area (Å²) < 4.78 is 10.3. The Morgan fingerprint density at radius 3 is 2.73 bits per heavy atom. The van der Waals surface area contributed by atoms with Gasteiger partial charge in [-0.3, -0.25) is 4.79 Å². The van der Waals surface area contributed by atoms with Crippen LogP contribution in [-0.2, 0) is 12.8 Å². The summed E-state index contributed by atoms with van der Waals surface area (Å²) in [7, 11) is 0. The van der Waals surface area contributed by atoms with E-state index in [1.54, 1.807) is 13.0 Å². The maximum atomic E-state index is 12.4. The maximum Gasteiger partial charge on any atom is 0.279 e. The maximum absolute atomic E-state index is 12.4. The van der Waals surface area contributed by atoms with Crippen molar-refractivity contribution in [1.82, 2.24) is 10.3 Å². The van der Waals surface area contributed by atoms with E-state index < -0.39 is 0 Å². The molecule has 0 radical (unpaired) electrons. The molecule has 0 aromatic carbocycles. The minimum atomic E-state index is -0.298. The number of aryl methyl sites for hydroxylation is 2. The molecule has 1 aliphatic carbocycles. The van der Waals surface area contributed by atoms with Crippen molar-refractivity contribution in [2.24, 2.45) is 11.3 Å². The van der Waals surface area contributed by atoms with Crippen LogP contribution < -0.4 is 5.32 Å². The Kier molecular flexibility index (Phi) is 3.54. The normalized spacial score (nSPS) is 18.1. The van der Waals surface area contributed by atoms with Crippen molar-refractivity contribution in [3.8, 4) is 0 Å². The number of fused-ring (bicyclic) bond motifs is 1. The summed E-state index contributed by atoms with van der Waals surface area (Å²) in [5.41, 5.74) is 1.50. The van der Waals surface area contributed by atoms with E-state index in [2.05, 4.69) is 36.4 Å². The van der Waals surface area contributed by atoms with Gasteiger partial charge in [0.25, 0.3) is 5.91 Å². The number of hydrogen-bond acceptors (Lipinski definition) is 5. The van der Waals surface area contributed by atoms with Crippen LogP contribution in [0.25, 0.3) is 0 Å². The van der Waals surface area contributed by atoms with Crippen LogP contribution in [0.1, 0.15) is 54.8 Å². The van der Waals surface area contributed by atoms with Gasteiger partial charge in [-0.1, -0.05) is 31.1 Å². The van der Waals surface area contributed by atoms with Gasteiger partial charge < -0.3 is 14.4 Å². The summed E-state index contributed by atoms with van der Waals surface area (Å²) in [5.74, 6) is 2.09. The summed E-state index contributed by atoms with van der Waals surface area (Å²) in [5, 5.41) is 10.4. The largest absolute Gasteiger partial charge is 0.360 e. The first-order valence-electron chi connectivity index (χ1n) is 7.56. The second-order valence-electron chi connectivity index (χ2n) is 7.02. The fourth-order valence-electron chi connectivity index (χ4n) is 2.92. The monoisotopic (exact) mass is 303 g/mol. The molecule has 1 atom stereocenters. The molecular formula is C16H21N3O3. The third kappa shape index (κ3) is 2.77. The van der Waals surface area contributed by atoms with Crippen LogP contribution in [0.5, 0.6) is 0 Å². The van der Waals surface area contributed by atoms with E-state index in [9.17, 15) is 4.79 Å². The van der Waals surface area contributed by atoms with Gasteiger partial charge in [0.15, 0.2) is 11.5 Å². The van der Waals surface area contributed by atoms with E-state index in [1.165, 1.54) is 0 Å². The summed E-state index contributed by atoms with van der Waals surface area (Å²) in [4.78, 5) is 12.4. The summed E-state index contributed by atoms with van der Waals surface area (Å²) in [6.07, 6.45) is 2.72. The predicted molar refractivity (Wildman–Crippen MR) is 80.7 cm³/mol. The quantitative estimate of drug-likeness (QED) is 0.919. The van der Waals surface area contributed by atoms with Crippen molar-refractivity contribution in [1.29, 1.82) is 0 Å². The van der Waals surface area contributed by atoms with Gasteiger partial charge in [-0.2, -0.15) is 0 Å². The van der Waals surface area contributed by atoms with Crippen LogP contribution in [0.4, 0.5) is 5.82 Å². The van der Waals surface area contributed by atoms with Crippen molar-refractivity contribution in [3.05, 3.63) is 28.8 Å². The zero-order chi connectivity index (χ0) is 15.9. The van der Waals surface area contributed by atoms with E-state index in [1.807, 2.05) is 0 Å². The second-order valence-corrected chi connectivity index (χ2v) is 7.02. The predicted octanol–water partition coefficient (Wildman–Crippen LogP) is 3.37. The number of rotatable bonds is 2. The molecule has 2 heterocycles. The Labute approximate surface area is 129 Å². The molecule has 0 bridgehead atoms. The highest BCUT2D eigenvalue weighted by Gasteiger charge is 2.34. The van der Waals surface area contributed by atoms with Crippen molar-refractivity contribution in [2.45, 2.75) is 47.0 Å².